The molecule has 6 unspecified atom stereocenters. The molecule has 0 saturated heterocycles. The first-order chi connectivity index (χ1) is 32.4. The van der Waals surface area contributed by atoms with Crippen molar-refractivity contribution in [3.8, 4) is 0 Å². The molecule has 1 aliphatic carbocycles. The Balaban J connectivity index is 2.32. The maximum atomic E-state index is 12.9. The highest BCUT2D eigenvalue weighted by atomic mass is 31.2. The first kappa shape index (κ1) is 63.6. The SMILES string of the molecule is C=CCCCCCCCCCCCCCCCC(=O)OC[C@H](COP(=O)(O)OC1C(O)C(O)C(O)[C@@H](O)C1O)OC(=O)CCCCCCCCCCCCCCCCCCCCCCCCC. The van der Waals surface area contributed by atoms with Crippen molar-refractivity contribution in [2.45, 2.75) is 300 Å². The fourth-order valence-electron chi connectivity index (χ4n) is 8.86. The molecule has 0 heterocycles. The summed E-state index contributed by atoms with van der Waals surface area (Å²) in [4.78, 5) is 35.9. The molecule has 6 N–H and O–H groups in total. The molecule has 0 aromatic rings. The molecule has 1 fully saturated rings. The molecule has 0 radical (unpaired) electrons. The monoisotopic (exact) mass is 977 g/mol. The summed E-state index contributed by atoms with van der Waals surface area (Å²) in [6, 6.07) is 0. The lowest BCUT2D eigenvalue weighted by Gasteiger charge is -2.41. The van der Waals surface area contributed by atoms with E-state index in [-0.39, 0.29) is 12.8 Å². The van der Waals surface area contributed by atoms with Crippen LogP contribution in [-0.4, -0.2) is 98.3 Å². The lowest BCUT2D eigenvalue weighted by molar-refractivity contribution is -0.220. The zero-order valence-corrected chi connectivity index (χ0v) is 43.2. The van der Waals surface area contributed by atoms with Gasteiger partial charge >= 0.3 is 19.8 Å². The van der Waals surface area contributed by atoms with Gasteiger partial charge in [0, 0.05) is 12.8 Å². The second-order valence-electron chi connectivity index (χ2n) is 19.5. The van der Waals surface area contributed by atoms with Gasteiger partial charge in [-0.2, -0.15) is 0 Å². The van der Waals surface area contributed by atoms with Crippen LogP contribution in [0.2, 0.25) is 0 Å². The van der Waals surface area contributed by atoms with Gasteiger partial charge in [0.15, 0.2) is 6.10 Å². The number of phosphoric ester groups is 1. The van der Waals surface area contributed by atoms with Gasteiger partial charge < -0.3 is 39.9 Å². The Labute approximate surface area is 407 Å². The van der Waals surface area contributed by atoms with Crippen LogP contribution in [0.5, 0.6) is 0 Å². The van der Waals surface area contributed by atoms with E-state index in [1.54, 1.807) is 0 Å². The van der Waals surface area contributed by atoms with Crippen LogP contribution in [0, 0.1) is 0 Å². The Kier molecular flexibility index (Phi) is 41.2. The highest BCUT2D eigenvalue weighted by Crippen LogP contribution is 2.47. The molecule has 0 aliphatic heterocycles. The van der Waals surface area contributed by atoms with Gasteiger partial charge in [0.25, 0.3) is 0 Å². The Morgan fingerprint density at radius 2 is 0.791 bits per heavy atom. The molecule has 0 amide bonds. The molecule has 14 heteroatoms. The zero-order valence-electron chi connectivity index (χ0n) is 42.3. The van der Waals surface area contributed by atoms with Crippen LogP contribution in [0.1, 0.15) is 257 Å². The number of carbonyl (C=O) groups is 2. The number of ether oxygens (including phenoxy) is 2. The lowest BCUT2D eigenvalue weighted by atomic mass is 9.85. The summed E-state index contributed by atoms with van der Waals surface area (Å²) in [6.45, 7) is 4.88. The molecule has 8 atom stereocenters. The maximum Gasteiger partial charge on any atom is 0.472 e. The number of hydrogen-bond acceptors (Lipinski definition) is 12. The largest absolute Gasteiger partial charge is 0.472 e. The van der Waals surface area contributed by atoms with E-state index in [4.69, 9.17) is 18.5 Å². The Hall–Kier alpha value is -1.41. The lowest BCUT2D eigenvalue weighted by Crippen LogP contribution is -2.64. The van der Waals surface area contributed by atoms with Crippen molar-refractivity contribution in [2.75, 3.05) is 13.2 Å². The third-order valence-corrected chi connectivity index (χ3v) is 14.2. The molecule has 0 bridgehead atoms. The van der Waals surface area contributed by atoms with Crippen LogP contribution < -0.4 is 0 Å². The number of phosphoric acid groups is 1. The second-order valence-corrected chi connectivity index (χ2v) is 20.9. The van der Waals surface area contributed by atoms with E-state index in [1.807, 2.05) is 6.08 Å². The topological polar surface area (TPSA) is 210 Å². The van der Waals surface area contributed by atoms with Crippen molar-refractivity contribution in [1.29, 1.82) is 0 Å². The predicted molar refractivity (Wildman–Crippen MR) is 267 cm³/mol. The van der Waals surface area contributed by atoms with E-state index >= 15 is 0 Å². The van der Waals surface area contributed by atoms with Gasteiger partial charge in [0.2, 0.25) is 0 Å². The Bertz CT molecular complexity index is 1210. The fraction of sp³-hybridized carbons (Fsp3) is 0.925. The van der Waals surface area contributed by atoms with E-state index < -0.39 is 75.7 Å². The third-order valence-electron chi connectivity index (χ3n) is 13.3. The quantitative estimate of drug-likeness (QED) is 0.0145. The Morgan fingerprint density at radius 3 is 1.15 bits per heavy atom. The third kappa shape index (κ3) is 35.4. The van der Waals surface area contributed by atoms with Gasteiger partial charge in [-0.15, -0.1) is 6.58 Å². The number of hydrogen-bond donors (Lipinski definition) is 6. The van der Waals surface area contributed by atoms with Crippen molar-refractivity contribution >= 4 is 19.8 Å². The van der Waals surface area contributed by atoms with E-state index in [2.05, 4.69) is 13.5 Å². The standard InChI is InChI=1S/C53H101O13P/c1-3-5-7-9-11-13-15-17-19-20-21-22-23-24-25-26-28-30-32-34-36-38-40-42-47(55)65-45(44-64-67(61,62)66-53-51(59)49(57)48(56)50(58)52(53)60)43-63-46(54)41-39-37-35-33-31-29-27-18-16-14-12-10-8-6-4-2/h4,45,48-53,56-60H,2-3,5-44H2,1H3,(H,61,62)/t45-,48?,49-,50?,51?,52?,53?/m1/s1. The molecule has 1 saturated carbocycles. The first-order valence-electron chi connectivity index (χ1n) is 27.5. The number of unbranched alkanes of at least 4 members (excludes halogenated alkanes) is 35. The van der Waals surface area contributed by atoms with Gasteiger partial charge in [-0.25, -0.2) is 4.57 Å². The highest BCUT2D eigenvalue weighted by Gasteiger charge is 2.51. The van der Waals surface area contributed by atoms with Crippen molar-refractivity contribution < 1.29 is 63.1 Å². The van der Waals surface area contributed by atoms with Crippen LogP contribution in [0.25, 0.3) is 0 Å². The highest BCUT2D eigenvalue weighted by molar-refractivity contribution is 7.47. The van der Waals surface area contributed by atoms with Crippen molar-refractivity contribution in [3.05, 3.63) is 12.7 Å². The number of aliphatic hydroxyl groups is 5. The van der Waals surface area contributed by atoms with Crippen LogP contribution in [0.15, 0.2) is 12.7 Å². The van der Waals surface area contributed by atoms with Crippen molar-refractivity contribution in [1.82, 2.24) is 0 Å². The minimum absolute atomic E-state index is 0.103. The molecule has 396 valence electrons. The normalized spacial score (nSPS) is 20.9. The minimum atomic E-state index is -5.12. The van der Waals surface area contributed by atoms with Crippen LogP contribution >= 0.6 is 7.82 Å². The molecule has 0 aromatic carbocycles. The van der Waals surface area contributed by atoms with Gasteiger partial charge in [-0.05, 0) is 25.7 Å². The van der Waals surface area contributed by atoms with Crippen LogP contribution in [0.4, 0.5) is 0 Å². The maximum absolute atomic E-state index is 12.9. The molecular formula is C53H101O13P. The first-order valence-corrected chi connectivity index (χ1v) is 28.9. The minimum Gasteiger partial charge on any atom is -0.462 e. The number of allylic oxidation sites excluding steroid dienone is 1. The zero-order chi connectivity index (χ0) is 49.2. The van der Waals surface area contributed by atoms with E-state index in [0.717, 1.165) is 44.9 Å². The smallest absolute Gasteiger partial charge is 0.462 e. The Morgan fingerprint density at radius 1 is 0.478 bits per heavy atom. The van der Waals surface area contributed by atoms with E-state index in [0.29, 0.717) is 12.8 Å². The number of rotatable bonds is 48. The van der Waals surface area contributed by atoms with Gasteiger partial charge in [0.05, 0.1) is 6.61 Å². The average Bonchev–Trinajstić information content (AvgIpc) is 3.31. The molecule has 0 aromatic heterocycles. The summed E-state index contributed by atoms with van der Waals surface area (Å²) in [6.07, 6.45) is 34.4. The summed E-state index contributed by atoms with van der Waals surface area (Å²) >= 11 is 0. The summed E-state index contributed by atoms with van der Waals surface area (Å²) < 4.78 is 33.7. The molecule has 0 spiro atoms. The molecule has 67 heavy (non-hydrogen) atoms. The van der Waals surface area contributed by atoms with Gasteiger partial charge in [-0.3, -0.25) is 18.6 Å². The number of carbonyl (C=O) groups excluding carboxylic acids is 2. The van der Waals surface area contributed by atoms with Gasteiger partial charge in [0.1, 0.15) is 43.2 Å². The van der Waals surface area contributed by atoms with Gasteiger partial charge in [-0.1, -0.05) is 225 Å². The molecule has 13 nitrogen and oxygen atoms in total. The summed E-state index contributed by atoms with van der Waals surface area (Å²) in [5.74, 6) is -1.08. The second kappa shape index (κ2) is 43.4. The average molecular weight is 977 g/mol. The predicted octanol–water partition coefficient (Wildman–Crippen LogP) is 12.2. The van der Waals surface area contributed by atoms with Crippen LogP contribution in [0.3, 0.4) is 0 Å². The summed E-state index contributed by atoms with van der Waals surface area (Å²) in [7, 11) is -5.12. The summed E-state index contributed by atoms with van der Waals surface area (Å²) in [5.41, 5.74) is 0. The molecular weight excluding hydrogens is 876 g/mol. The fourth-order valence-corrected chi connectivity index (χ4v) is 9.83. The number of aliphatic hydroxyl groups excluding tert-OH is 5. The molecule has 1 aliphatic rings. The summed E-state index contributed by atoms with van der Waals surface area (Å²) in [5, 5.41) is 50.3. The number of esters is 2. The van der Waals surface area contributed by atoms with Crippen molar-refractivity contribution in [2.24, 2.45) is 0 Å². The van der Waals surface area contributed by atoms with E-state index in [1.165, 1.54) is 180 Å². The molecule has 1 rings (SSSR count). The van der Waals surface area contributed by atoms with Crippen molar-refractivity contribution in [3.63, 3.8) is 0 Å². The van der Waals surface area contributed by atoms with Crippen LogP contribution in [-0.2, 0) is 32.7 Å². The van der Waals surface area contributed by atoms with E-state index in [9.17, 15) is 44.6 Å².